The van der Waals surface area contributed by atoms with E-state index in [1.165, 1.54) is 50.5 Å². The minimum atomic E-state index is 0.334. The lowest BCUT2D eigenvalue weighted by Crippen LogP contribution is -2.28. The zero-order chi connectivity index (χ0) is 41.6. The van der Waals surface area contributed by atoms with Gasteiger partial charge in [-0.3, -0.25) is 4.90 Å². The number of hydrogen-bond donors (Lipinski definition) is 2. The number of benzene rings is 5. The van der Waals surface area contributed by atoms with E-state index in [0.717, 1.165) is 29.3 Å². The molecule has 1 aromatic heterocycles. The molecule has 0 aliphatic rings. The molecule has 0 atom stereocenters. The summed E-state index contributed by atoms with van der Waals surface area (Å²) in [5, 5.41) is 15.6. The Balaban J connectivity index is 0.000000312. The van der Waals surface area contributed by atoms with E-state index in [2.05, 4.69) is 124 Å². The Labute approximate surface area is 342 Å². The van der Waals surface area contributed by atoms with Crippen molar-refractivity contribution in [2.75, 3.05) is 16.3 Å². The lowest BCUT2D eigenvalue weighted by molar-refractivity contribution is 0.820. The van der Waals surface area contributed by atoms with Crippen molar-refractivity contribution in [2.24, 2.45) is 11.7 Å². The number of pyridine rings is 1. The molecule has 0 amide bonds. The van der Waals surface area contributed by atoms with Gasteiger partial charge in [-0.05, 0) is 106 Å². The molecule has 0 spiro atoms. The summed E-state index contributed by atoms with van der Waals surface area (Å²) < 4.78 is 0. The van der Waals surface area contributed by atoms with E-state index in [-0.39, 0.29) is 0 Å². The van der Waals surface area contributed by atoms with Gasteiger partial charge in [-0.15, -0.1) is 0 Å². The maximum absolute atomic E-state index is 7.29. The minimum Gasteiger partial charge on any atom is -0.385 e. The Hall–Kier alpha value is -6.20. The number of hydrogen-bond acceptors (Lipinski definition) is 5. The first kappa shape index (κ1) is 45.2. The molecule has 6 rings (SSSR count). The molecular weight excluding hydrogens is 695 g/mol. The van der Waals surface area contributed by atoms with Crippen molar-refractivity contribution >= 4 is 55.7 Å². The molecule has 0 saturated carbocycles. The summed E-state index contributed by atoms with van der Waals surface area (Å²) in [7, 11) is 0. The van der Waals surface area contributed by atoms with Crippen molar-refractivity contribution in [1.82, 2.24) is 4.98 Å². The summed E-state index contributed by atoms with van der Waals surface area (Å²) in [6, 6.07) is 34.2. The lowest BCUT2D eigenvalue weighted by atomic mass is 9.91. The van der Waals surface area contributed by atoms with Gasteiger partial charge in [0, 0.05) is 36.0 Å². The molecule has 5 nitrogen and oxygen atoms in total. The van der Waals surface area contributed by atoms with Crippen LogP contribution in [0.1, 0.15) is 67.4 Å². The second kappa shape index (κ2) is 24.3. The van der Waals surface area contributed by atoms with E-state index in [4.69, 9.17) is 11.1 Å². The largest absolute Gasteiger partial charge is 0.385 e. The third-order valence-electron chi connectivity index (χ3n) is 8.73. The second-order valence-corrected chi connectivity index (χ2v) is 13.4. The van der Waals surface area contributed by atoms with Crippen LogP contribution in [-0.2, 0) is 6.42 Å². The van der Waals surface area contributed by atoms with Crippen molar-refractivity contribution in [3.63, 3.8) is 0 Å². The maximum atomic E-state index is 7.29. The highest BCUT2D eigenvalue weighted by atomic mass is 15.2. The van der Waals surface area contributed by atoms with Crippen LogP contribution in [0, 0.1) is 11.3 Å². The van der Waals surface area contributed by atoms with E-state index in [1.807, 2.05) is 92.5 Å². The van der Waals surface area contributed by atoms with Crippen LogP contribution in [0.2, 0.25) is 0 Å². The van der Waals surface area contributed by atoms with Crippen molar-refractivity contribution in [3.05, 3.63) is 182 Å². The smallest absolute Gasteiger partial charge is 0.137 e. The number of anilines is 3. The van der Waals surface area contributed by atoms with Crippen LogP contribution in [0.3, 0.4) is 0 Å². The van der Waals surface area contributed by atoms with Crippen LogP contribution in [0.25, 0.3) is 32.3 Å². The predicted octanol–water partition coefficient (Wildman–Crippen LogP) is 14.5. The summed E-state index contributed by atoms with van der Waals surface area (Å²) in [5.41, 5.74) is 10.8. The average molecular weight is 758 g/mol. The molecule has 0 aliphatic heterocycles. The van der Waals surface area contributed by atoms with Crippen LogP contribution in [0.4, 0.5) is 17.2 Å². The fourth-order valence-electron chi connectivity index (χ4n) is 6.40. The zero-order valence-electron chi connectivity index (χ0n) is 35.4. The van der Waals surface area contributed by atoms with Crippen LogP contribution in [0.15, 0.2) is 176 Å². The molecule has 0 unspecified atom stereocenters. The molecular formula is C52H63N5. The van der Waals surface area contributed by atoms with Gasteiger partial charge in [-0.1, -0.05) is 165 Å². The second-order valence-electron chi connectivity index (χ2n) is 13.4. The summed E-state index contributed by atoms with van der Waals surface area (Å²) in [5.74, 6) is 1.76. The van der Waals surface area contributed by atoms with Gasteiger partial charge in [0.05, 0.1) is 0 Å². The molecule has 0 radical (unpaired) electrons. The molecule has 0 saturated heterocycles. The first-order valence-electron chi connectivity index (χ1n) is 20.3. The van der Waals surface area contributed by atoms with Gasteiger partial charge in [-0.2, -0.15) is 0 Å². The third kappa shape index (κ3) is 12.4. The van der Waals surface area contributed by atoms with Crippen molar-refractivity contribution < 1.29 is 0 Å². The Bertz CT molecular complexity index is 2260. The highest BCUT2D eigenvalue weighted by Gasteiger charge is 2.17. The van der Waals surface area contributed by atoms with E-state index >= 15 is 0 Å². The summed E-state index contributed by atoms with van der Waals surface area (Å²) in [4.78, 5) is 8.76. The fraction of sp³-hybridized carbons (Fsp3) is 0.231. The highest BCUT2D eigenvalue weighted by molar-refractivity contribution is 6.23. The van der Waals surface area contributed by atoms with Crippen LogP contribution < -0.4 is 15.5 Å². The molecule has 5 heteroatoms. The first-order valence-corrected chi connectivity index (χ1v) is 20.3. The zero-order valence-corrected chi connectivity index (χ0v) is 35.4. The van der Waals surface area contributed by atoms with Gasteiger partial charge in [0.25, 0.3) is 0 Å². The van der Waals surface area contributed by atoms with Crippen LogP contribution in [-0.4, -0.2) is 17.7 Å². The van der Waals surface area contributed by atoms with Gasteiger partial charge in [-0.25, -0.2) is 4.98 Å². The summed E-state index contributed by atoms with van der Waals surface area (Å²) in [6.45, 7) is 21.1. The topological polar surface area (TPSA) is 69.2 Å². The Morgan fingerprint density at radius 2 is 1.46 bits per heavy atom. The Kier molecular flexibility index (Phi) is 19.3. The van der Waals surface area contributed by atoms with E-state index in [0.29, 0.717) is 18.3 Å². The molecule has 0 fully saturated rings. The fourth-order valence-corrected chi connectivity index (χ4v) is 6.40. The molecule has 0 aliphatic carbocycles. The summed E-state index contributed by atoms with van der Waals surface area (Å²) >= 11 is 0. The number of aryl methyl sites for hydroxylation is 1. The Morgan fingerprint density at radius 3 is 2.07 bits per heavy atom. The number of nitrogens with zero attached hydrogens (tertiary/aromatic N) is 3. The highest BCUT2D eigenvalue weighted by Crippen LogP contribution is 2.36. The van der Waals surface area contributed by atoms with E-state index < -0.39 is 0 Å². The van der Waals surface area contributed by atoms with Crippen LogP contribution >= 0.6 is 0 Å². The van der Waals surface area contributed by atoms with Crippen molar-refractivity contribution in [3.8, 4) is 0 Å². The first-order chi connectivity index (χ1) is 27.8. The van der Waals surface area contributed by atoms with Crippen molar-refractivity contribution in [2.45, 2.75) is 68.2 Å². The molecule has 1 heterocycles. The molecule has 5 aromatic carbocycles. The van der Waals surface area contributed by atoms with Gasteiger partial charge >= 0.3 is 0 Å². The molecule has 57 heavy (non-hydrogen) atoms. The number of allylic oxidation sites excluding steroid dienone is 8. The van der Waals surface area contributed by atoms with Gasteiger partial charge < -0.3 is 16.0 Å². The number of aromatic nitrogens is 1. The number of nitrogens with one attached hydrogen (secondary N) is 1. The number of nitrogens with two attached hydrogens (primary N) is 1. The normalized spacial score (nSPS) is 11.7. The quantitative estimate of drug-likeness (QED) is 0.0699. The molecule has 3 N–H and O–H groups in total. The van der Waals surface area contributed by atoms with E-state index in [9.17, 15) is 0 Å². The minimum absolute atomic E-state index is 0.334. The van der Waals surface area contributed by atoms with Gasteiger partial charge in [0.1, 0.15) is 11.6 Å². The third-order valence-corrected chi connectivity index (χ3v) is 8.73. The van der Waals surface area contributed by atoms with E-state index in [1.54, 1.807) is 18.3 Å². The maximum Gasteiger partial charge on any atom is 0.137 e. The van der Waals surface area contributed by atoms with Gasteiger partial charge in [0.2, 0.25) is 0 Å². The Morgan fingerprint density at radius 1 is 0.807 bits per heavy atom. The lowest BCUT2D eigenvalue weighted by Gasteiger charge is -2.29. The molecule has 296 valence electrons. The molecule has 6 aromatic rings. The predicted molar refractivity (Wildman–Crippen MR) is 254 cm³/mol. The monoisotopic (exact) mass is 758 g/mol. The van der Waals surface area contributed by atoms with Gasteiger partial charge in [0.15, 0.2) is 0 Å². The average Bonchev–Trinajstić information content (AvgIpc) is 3.24. The standard InChI is InChI=1S/C29H35N5.C18H14.C3H8.C2H6/c1-5-7-14-26(22-24(3)4)34(29-18-9-11-20-32-29)27-16-13-15-25(23-27)33(21-12-10-19-30)28(31)17-8-6-2;1-2-12-6-7-15-9-8-13-4-3-5-14-10-11-16(12)18(15)17(13)14;1-3-2;1-2/h5-20,22-24,30H,1,21,31H2,2-4H3;3-11H,2H2,1H3;3H2,1-2H3;1-2H3/b8-6-,12-10-,14-7-,26-22+,28-17+,30-19?;;;. The SMILES string of the molecule is C=C/C=C\C(=C/C(C)C)N(c1cccc(N(C/C=C\C=N)/C(N)=C/C=C\C)c1)c1ccccn1.CC.CCC.CCc1ccc2ccc3cccc4ccc1c2c34. The summed E-state index contributed by atoms with van der Waals surface area (Å²) in [6.07, 6.45) is 22.7. The van der Waals surface area contributed by atoms with Crippen molar-refractivity contribution in [1.29, 1.82) is 5.41 Å². The van der Waals surface area contributed by atoms with Crippen LogP contribution in [0.5, 0.6) is 0 Å². The number of rotatable bonds is 13. The molecule has 0 bridgehead atoms.